The monoisotopic (exact) mass is 404 g/mol. The number of halogens is 1. The van der Waals surface area contributed by atoms with Gasteiger partial charge in [0.05, 0.1) is 11.6 Å². The molecule has 1 atom stereocenters. The fraction of sp³-hybridized carbons (Fsp3) is 0.368. The number of benzene rings is 1. The van der Waals surface area contributed by atoms with Crippen LogP contribution in [0.5, 0.6) is 0 Å². The van der Waals surface area contributed by atoms with E-state index in [0.717, 1.165) is 5.69 Å². The molecule has 27 heavy (non-hydrogen) atoms. The van der Waals surface area contributed by atoms with Crippen molar-refractivity contribution in [3.05, 3.63) is 52.7 Å². The van der Waals surface area contributed by atoms with Crippen LogP contribution in [-0.2, 0) is 10.2 Å². The first-order valence-electron chi connectivity index (χ1n) is 8.55. The summed E-state index contributed by atoms with van der Waals surface area (Å²) in [7, 11) is 0. The summed E-state index contributed by atoms with van der Waals surface area (Å²) in [5, 5.41) is 11.6. The van der Waals surface area contributed by atoms with Crippen LogP contribution in [0.2, 0.25) is 5.02 Å². The van der Waals surface area contributed by atoms with Gasteiger partial charge in [-0.25, -0.2) is 0 Å². The van der Waals surface area contributed by atoms with Crippen LogP contribution in [-0.4, -0.2) is 44.6 Å². The number of nitrogens with one attached hydrogen (secondary N) is 1. The first-order chi connectivity index (χ1) is 12.8. The van der Waals surface area contributed by atoms with Gasteiger partial charge in [0.2, 0.25) is 5.91 Å². The van der Waals surface area contributed by atoms with Crippen molar-refractivity contribution in [2.45, 2.75) is 32.2 Å². The predicted molar refractivity (Wildman–Crippen MR) is 108 cm³/mol. The fourth-order valence-electron chi connectivity index (χ4n) is 2.63. The van der Waals surface area contributed by atoms with Crippen LogP contribution in [0.3, 0.4) is 0 Å². The maximum Gasteiger partial charge on any atom is 0.255 e. The third kappa shape index (κ3) is 4.59. The zero-order valence-corrected chi connectivity index (χ0v) is 17.0. The highest BCUT2D eigenvalue weighted by Gasteiger charge is 2.35. The van der Waals surface area contributed by atoms with Gasteiger partial charge in [0.15, 0.2) is 5.82 Å². The quantitative estimate of drug-likeness (QED) is 0.846. The Hall–Kier alpha value is -2.12. The zero-order valence-electron chi connectivity index (χ0n) is 15.4. The first-order valence-corrected chi connectivity index (χ1v) is 10.1. The van der Waals surface area contributed by atoms with Crippen LogP contribution in [0.25, 0.3) is 0 Å². The van der Waals surface area contributed by atoms with Gasteiger partial charge in [-0.1, -0.05) is 32.4 Å². The van der Waals surface area contributed by atoms with Gasteiger partial charge in [0.25, 0.3) is 5.91 Å². The minimum Gasteiger partial charge on any atom is -0.317 e. The number of hydrogen-bond acceptors (Lipinski definition) is 5. The fourth-order valence-corrected chi connectivity index (χ4v) is 3.91. The second kappa shape index (κ2) is 7.86. The molecule has 2 heterocycles. The smallest absolute Gasteiger partial charge is 0.255 e. The van der Waals surface area contributed by atoms with Crippen molar-refractivity contribution >= 4 is 41.0 Å². The Labute approximate surface area is 167 Å². The van der Waals surface area contributed by atoms with Crippen molar-refractivity contribution in [3.63, 3.8) is 0 Å². The van der Waals surface area contributed by atoms with Crippen LogP contribution in [0.1, 0.15) is 36.8 Å². The number of carbonyl (C=O) groups excluding carboxylic acids is 2. The van der Waals surface area contributed by atoms with E-state index in [1.54, 1.807) is 47.0 Å². The largest absolute Gasteiger partial charge is 0.317 e. The summed E-state index contributed by atoms with van der Waals surface area (Å²) in [4.78, 5) is 27.0. The molecule has 1 aliphatic rings. The molecule has 1 N–H and O–H groups in total. The number of anilines is 1. The van der Waals surface area contributed by atoms with Crippen molar-refractivity contribution in [1.82, 2.24) is 15.1 Å². The number of thioether (sulfide) groups is 1. The second-order valence-electron chi connectivity index (χ2n) is 7.34. The topological polar surface area (TPSA) is 75.2 Å². The number of amides is 2. The van der Waals surface area contributed by atoms with E-state index in [4.69, 9.17) is 11.6 Å². The van der Waals surface area contributed by atoms with Crippen LogP contribution < -0.4 is 5.32 Å². The molecular formula is C19H21ClN4O2S. The third-order valence-electron chi connectivity index (χ3n) is 4.22. The molecule has 1 fully saturated rings. The SMILES string of the molecule is CC(C)(C)c1ccc(NC(=O)[C@H]2CSCN2C(=O)c2ccc(Cl)cc2)nn1. The van der Waals surface area contributed by atoms with E-state index in [0.29, 0.717) is 28.0 Å². The van der Waals surface area contributed by atoms with Crippen molar-refractivity contribution in [2.75, 3.05) is 16.9 Å². The number of carbonyl (C=O) groups is 2. The van der Waals surface area contributed by atoms with Gasteiger partial charge >= 0.3 is 0 Å². The predicted octanol–water partition coefficient (Wildman–Crippen LogP) is 3.58. The van der Waals surface area contributed by atoms with E-state index in [9.17, 15) is 9.59 Å². The molecule has 2 aromatic rings. The molecule has 1 aromatic carbocycles. The molecule has 0 unspecified atom stereocenters. The molecule has 0 bridgehead atoms. The molecule has 142 valence electrons. The Morgan fingerprint density at radius 2 is 1.85 bits per heavy atom. The van der Waals surface area contributed by atoms with Crippen LogP contribution in [0.15, 0.2) is 36.4 Å². The standard InChI is InChI=1S/C19H21ClN4O2S/c1-19(2,3)15-8-9-16(23-22-15)21-17(25)14-10-27-11-24(14)18(26)12-4-6-13(20)7-5-12/h4-9,14H,10-11H2,1-3H3,(H,21,23,25)/t14-/m1/s1. The maximum atomic E-state index is 12.7. The van der Waals surface area contributed by atoms with Crippen molar-refractivity contribution in [1.29, 1.82) is 0 Å². The van der Waals surface area contributed by atoms with Gasteiger partial charge in [0, 0.05) is 21.8 Å². The number of nitrogens with zero attached hydrogens (tertiary/aromatic N) is 3. The number of hydrogen-bond donors (Lipinski definition) is 1. The summed E-state index contributed by atoms with van der Waals surface area (Å²) < 4.78 is 0. The summed E-state index contributed by atoms with van der Waals surface area (Å²) >= 11 is 7.42. The lowest BCUT2D eigenvalue weighted by Gasteiger charge is -2.23. The lowest BCUT2D eigenvalue weighted by molar-refractivity contribution is -0.119. The summed E-state index contributed by atoms with van der Waals surface area (Å²) in [6.07, 6.45) is 0. The minimum absolute atomic E-state index is 0.112. The Kier molecular flexibility index (Phi) is 5.72. The van der Waals surface area contributed by atoms with Crippen LogP contribution in [0, 0.1) is 0 Å². The van der Waals surface area contributed by atoms with E-state index >= 15 is 0 Å². The Morgan fingerprint density at radius 1 is 1.15 bits per heavy atom. The summed E-state index contributed by atoms with van der Waals surface area (Å²) in [5.41, 5.74) is 1.24. The summed E-state index contributed by atoms with van der Waals surface area (Å²) in [6, 6.07) is 9.70. The molecular weight excluding hydrogens is 384 g/mol. The Balaban J connectivity index is 1.70. The van der Waals surface area contributed by atoms with E-state index < -0.39 is 6.04 Å². The van der Waals surface area contributed by atoms with Gasteiger partial charge in [-0.15, -0.1) is 16.9 Å². The highest BCUT2D eigenvalue weighted by molar-refractivity contribution is 7.99. The number of aromatic nitrogens is 2. The average Bonchev–Trinajstić information content (AvgIpc) is 3.11. The molecule has 8 heteroatoms. The molecule has 0 spiro atoms. The van der Waals surface area contributed by atoms with Crippen molar-refractivity contribution in [3.8, 4) is 0 Å². The lowest BCUT2D eigenvalue weighted by atomic mass is 9.92. The molecule has 2 amide bonds. The van der Waals surface area contributed by atoms with Gasteiger partial charge in [-0.2, -0.15) is 5.10 Å². The molecule has 0 aliphatic carbocycles. The van der Waals surface area contributed by atoms with E-state index in [1.165, 1.54) is 0 Å². The summed E-state index contributed by atoms with van der Waals surface area (Å²) in [6.45, 7) is 6.14. The van der Waals surface area contributed by atoms with E-state index in [2.05, 4.69) is 15.5 Å². The van der Waals surface area contributed by atoms with Crippen molar-refractivity contribution in [2.24, 2.45) is 0 Å². The molecule has 0 saturated carbocycles. The Bertz CT molecular complexity index is 834. The number of rotatable bonds is 3. The third-order valence-corrected chi connectivity index (χ3v) is 5.49. The molecule has 1 saturated heterocycles. The highest BCUT2D eigenvalue weighted by atomic mass is 35.5. The van der Waals surface area contributed by atoms with E-state index in [1.807, 2.05) is 26.8 Å². The molecule has 1 aliphatic heterocycles. The maximum absolute atomic E-state index is 12.7. The molecule has 3 rings (SSSR count). The molecule has 0 radical (unpaired) electrons. The lowest BCUT2D eigenvalue weighted by Crippen LogP contribution is -2.44. The molecule has 6 nitrogen and oxygen atoms in total. The van der Waals surface area contributed by atoms with Crippen LogP contribution in [0.4, 0.5) is 5.82 Å². The zero-order chi connectivity index (χ0) is 19.6. The van der Waals surface area contributed by atoms with Gasteiger partial charge in [-0.3, -0.25) is 9.59 Å². The second-order valence-corrected chi connectivity index (χ2v) is 8.78. The van der Waals surface area contributed by atoms with Crippen molar-refractivity contribution < 1.29 is 9.59 Å². The van der Waals surface area contributed by atoms with Gasteiger partial charge < -0.3 is 10.2 Å². The summed E-state index contributed by atoms with van der Waals surface area (Å²) in [5.74, 6) is 0.933. The van der Waals surface area contributed by atoms with Crippen LogP contribution >= 0.6 is 23.4 Å². The molecule has 1 aromatic heterocycles. The average molecular weight is 405 g/mol. The van der Waals surface area contributed by atoms with Gasteiger partial charge in [-0.05, 0) is 36.4 Å². The highest BCUT2D eigenvalue weighted by Crippen LogP contribution is 2.25. The first kappa shape index (κ1) is 19.6. The normalized spacial score (nSPS) is 17.0. The Morgan fingerprint density at radius 3 is 2.44 bits per heavy atom. The minimum atomic E-state index is -0.553. The van der Waals surface area contributed by atoms with Gasteiger partial charge in [0.1, 0.15) is 6.04 Å². The van der Waals surface area contributed by atoms with E-state index in [-0.39, 0.29) is 17.2 Å².